The summed E-state index contributed by atoms with van der Waals surface area (Å²) in [6.45, 7) is 0.112. The van der Waals surface area contributed by atoms with Crippen LogP contribution in [0, 0.1) is 5.82 Å². The summed E-state index contributed by atoms with van der Waals surface area (Å²) in [6.07, 6.45) is -1.77. The molecule has 0 amide bonds. The molecule has 0 fully saturated rings. The Hall–Kier alpha value is -4.29. The Morgan fingerprint density at radius 3 is 2.48 bits per heavy atom. The molecule has 0 atom stereocenters. The zero-order chi connectivity index (χ0) is 28.4. The number of nitrogens with one attached hydrogen (secondary N) is 1. The van der Waals surface area contributed by atoms with E-state index < -0.39 is 34.6 Å². The molecule has 0 spiro atoms. The molecule has 5 rings (SSSR count). The van der Waals surface area contributed by atoms with Gasteiger partial charge in [0.2, 0.25) is 0 Å². The normalized spacial score (nSPS) is 11.5. The van der Waals surface area contributed by atoms with E-state index in [9.17, 15) is 22.8 Å². The Bertz CT molecular complexity index is 1750. The molecule has 4 aromatic heterocycles. The van der Waals surface area contributed by atoms with E-state index in [1.807, 2.05) is 0 Å². The van der Waals surface area contributed by atoms with Crippen molar-refractivity contribution in [2.75, 3.05) is 5.32 Å². The molecule has 4 heterocycles. The van der Waals surface area contributed by atoms with Gasteiger partial charge >= 0.3 is 6.18 Å². The van der Waals surface area contributed by atoms with Crippen LogP contribution in [0.2, 0.25) is 4.34 Å². The first-order valence-corrected chi connectivity index (χ1v) is 12.9. The molecule has 1 aromatic carbocycles. The maximum Gasteiger partial charge on any atom is 0.417 e. The maximum atomic E-state index is 15.3. The second-order valence-electron chi connectivity index (χ2n) is 8.54. The van der Waals surface area contributed by atoms with Gasteiger partial charge in [-0.05, 0) is 48.0 Å². The second-order valence-corrected chi connectivity index (χ2v) is 10.3. The predicted octanol–water partition coefficient (Wildman–Crippen LogP) is 6.33. The number of thiophene rings is 1. The molecule has 0 unspecified atom stereocenters. The van der Waals surface area contributed by atoms with E-state index in [2.05, 4.69) is 15.4 Å². The van der Waals surface area contributed by atoms with E-state index in [1.165, 1.54) is 41.9 Å². The van der Waals surface area contributed by atoms with Crippen LogP contribution < -0.4 is 10.9 Å². The van der Waals surface area contributed by atoms with Crippen molar-refractivity contribution in [1.29, 1.82) is 0 Å². The summed E-state index contributed by atoms with van der Waals surface area (Å²) >= 11 is 7.26. The van der Waals surface area contributed by atoms with Crippen LogP contribution in [0.15, 0.2) is 83.9 Å². The fourth-order valence-corrected chi connectivity index (χ4v) is 5.10. The second kappa shape index (κ2) is 11.1. The van der Waals surface area contributed by atoms with Crippen molar-refractivity contribution < 1.29 is 22.4 Å². The summed E-state index contributed by atoms with van der Waals surface area (Å²) in [6, 6.07) is 14.4. The smallest absolute Gasteiger partial charge is 0.365 e. The number of hydrogen-bond donors (Lipinski definition) is 1. The summed E-state index contributed by atoms with van der Waals surface area (Å²) in [5.74, 6) is -1.91. The van der Waals surface area contributed by atoms with Crippen LogP contribution >= 0.6 is 22.9 Å². The van der Waals surface area contributed by atoms with Crippen molar-refractivity contribution in [3.63, 3.8) is 0 Å². The van der Waals surface area contributed by atoms with Crippen LogP contribution in [0.5, 0.6) is 0 Å². The molecule has 0 saturated heterocycles. The third-order valence-electron chi connectivity index (χ3n) is 5.90. The van der Waals surface area contributed by atoms with Gasteiger partial charge in [0.15, 0.2) is 0 Å². The third-order valence-corrected chi connectivity index (χ3v) is 7.14. The van der Waals surface area contributed by atoms with E-state index in [4.69, 9.17) is 11.6 Å². The number of benzene rings is 1. The molecular formula is C27H18ClF4N5O2S. The molecule has 0 bridgehead atoms. The van der Waals surface area contributed by atoms with Gasteiger partial charge in [-0.1, -0.05) is 23.7 Å². The SMILES string of the molecule is O=C(c1ccccc1C(F)(F)F)n1nc(-c2c(F)ccc(=O)n2Cc2ccncc2)cc1NCc1ccc(Cl)s1. The van der Waals surface area contributed by atoms with Crippen LogP contribution in [0.4, 0.5) is 23.4 Å². The molecule has 0 aliphatic carbocycles. The molecule has 5 aromatic rings. The highest BCUT2D eigenvalue weighted by molar-refractivity contribution is 7.16. The molecule has 1 N–H and O–H groups in total. The van der Waals surface area contributed by atoms with Crippen LogP contribution in [0.25, 0.3) is 11.4 Å². The van der Waals surface area contributed by atoms with Crippen LogP contribution in [-0.2, 0) is 19.3 Å². The van der Waals surface area contributed by atoms with Crippen molar-refractivity contribution in [3.05, 3.63) is 121 Å². The molecule has 0 aliphatic heterocycles. The number of nitrogens with zero attached hydrogens (tertiary/aromatic N) is 4. The topological polar surface area (TPSA) is 81.8 Å². The number of alkyl halides is 3. The molecule has 204 valence electrons. The lowest BCUT2D eigenvalue weighted by molar-refractivity contribution is -0.137. The lowest BCUT2D eigenvalue weighted by atomic mass is 10.1. The fourth-order valence-electron chi connectivity index (χ4n) is 4.07. The largest absolute Gasteiger partial charge is 0.417 e. The van der Waals surface area contributed by atoms with Crippen LogP contribution in [0.3, 0.4) is 0 Å². The van der Waals surface area contributed by atoms with E-state index >= 15 is 4.39 Å². The van der Waals surface area contributed by atoms with Crippen molar-refractivity contribution >= 4 is 34.7 Å². The van der Waals surface area contributed by atoms with E-state index in [-0.39, 0.29) is 30.3 Å². The van der Waals surface area contributed by atoms with Crippen molar-refractivity contribution in [1.82, 2.24) is 19.3 Å². The van der Waals surface area contributed by atoms with Gasteiger partial charge in [-0.25, -0.2) is 4.39 Å². The average Bonchev–Trinajstić information content (AvgIpc) is 3.55. The Kier molecular flexibility index (Phi) is 7.55. The first-order chi connectivity index (χ1) is 19.1. The fraction of sp³-hybridized carbons (Fsp3) is 0.111. The summed E-state index contributed by atoms with van der Waals surface area (Å²) in [4.78, 5) is 31.0. The molecular weight excluding hydrogens is 570 g/mol. The first kappa shape index (κ1) is 27.3. The summed E-state index contributed by atoms with van der Waals surface area (Å²) in [5.41, 5.74) is -2.05. The number of hydrogen-bond acceptors (Lipinski definition) is 6. The molecule has 13 heteroatoms. The van der Waals surface area contributed by atoms with Crippen LogP contribution in [-0.4, -0.2) is 25.2 Å². The first-order valence-electron chi connectivity index (χ1n) is 11.7. The third kappa shape index (κ3) is 5.68. The van der Waals surface area contributed by atoms with Gasteiger partial charge < -0.3 is 5.32 Å². The summed E-state index contributed by atoms with van der Waals surface area (Å²) in [5, 5.41) is 7.18. The number of rotatable bonds is 7. The molecule has 0 radical (unpaired) electrons. The minimum absolute atomic E-state index is 0.00679. The van der Waals surface area contributed by atoms with E-state index in [1.54, 1.807) is 24.3 Å². The minimum Gasteiger partial charge on any atom is -0.365 e. The Balaban J connectivity index is 1.64. The number of aromatic nitrogens is 4. The highest BCUT2D eigenvalue weighted by atomic mass is 35.5. The number of carbonyl (C=O) groups excluding carboxylic acids is 1. The molecule has 0 aliphatic rings. The van der Waals surface area contributed by atoms with Crippen molar-refractivity contribution in [2.45, 2.75) is 19.3 Å². The van der Waals surface area contributed by atoms with Crippen LogP contribution in [0.1, 0.15) is 26.4 Å². The number of halogens is 5. The number of pyridine rings is 2. The molecule has 0 saturated carbocycles. The summed E-state index contributed by atoms with van der Waals surface area (Å²) in [7, 11) is 0. The van der Waals surface area contributed by atoms with Gasteiger partial charge in [0.1, 0.15) is 23.0 Å². The molecule has 7 nitrogen and oxygen atoms in total. The minimum atomic E-state index is -4.81. The van der Waals surface area contributed by atoms with Gasteiger partial charge in [-0.2, -0.15) is 23.0 Å². The Morgan fingerprint density at radius 1 is 1.02 bits per heavy atom. The quantitative estimate of drug-likeness (QED) is 0.225. The Labute approximate surface area is 233 Å². The van der Waals surface area contributed by atoms with E-state index in [0.29, 0.717) is 9.90 Å². The number of carbonyl (C=O) groups is 1. The zero-order valence-electron chi connectivity index (χ0n) is 20.3. The van der Waals surface area contributed by atoms with Gasteiger partial charge in [0, 0.05) is 29.4 Å². The van der Waals surface area contributed by atoms with Gasteiger partial charge in [-0.15, -0.1) is 11.3 Å². The summed E-state index contributed by atoms with van der Waals surface area (Å²) < 4.78 is 58.8. The lowest BCUT2D eigenvalue weighted by Crippen LogP contribution is -2.23. The predicted molar refractivity (Wildman–Crippen MR) is 143 cm³/mol. The standard InChI is InChI=1S/C27H18ClF4N5O2S/c28-22-7-5-17(40-22)14-34-23-13-21(35-37(23)26(39)18-3-1-2-4-19(18)27(30,31)32)25-20(29)6-8-24(38)36(25)15-16-9-11-33-12-10-16/h1-13,34H,14-15H2. The number of anilines is 1. The van der Waals surface area contributed by atoms with Gasteiger partial charge in [-0.3, -0.25) is 19.1 Å². The van der Waals surface area contributed by atoms with Gasteiger partial charge in [0.05, 0.1) is 28.6 Å². The molecule has 40 heavy (non-hydrogen) atoms. The monoisotopic (exact) mass is 587 g/mol. The maximum absolute atomic E-state index is 15.3. The zero-order valence-corrected chi connectivity index (χ0v) is 21.9. The van der Waals surface area contributed by atoms with Crippen molar-refractivity contribution in [2.24, 2.45) is 0 Å². The van der Waals surface area contributed by atoms with Gasteiger partial charge in [0.25, 0.3) is 11.5 Å². The highest BCUT2D eigenvalue weighted by Gasteiger charge is 2.36. The highest BCUT2D eigenvalue weighted by Crippen LogP contribution is 2.33. The Morgan fingerprint density at radius 2 is 1.77 bits per heavy atom. The van der Waals surface area contributed by atoms with E-state index in [0.717, 1.165) is 38.4 Å². The lowest BCUT2D eigenvalue weighted by Gasteiger charge is -2.13. The van der Waals surface area contributed by atoms with Crippen molar-refractivity contribution in [3.8, 4) is 11.4 Å². The average molecular weight is 588 g/mol.